The van der Waals surface area contributed by atoms with Gasteiger partial charge in [-0.3, -0.25) is 24.0 Å². The molecule has 0 saturated heterocycles. The first-order chi connectivity index (χ1) is 38.0. The van der Waals surface area contributed by atoms with Crippen LogP contribution in [0, 0.1) is 17.3 Å². The third kappa shape index (κ3) is 45.4. The Kier molecular flexibility index (Phi) is 53.3. The summed E-state index contributed by atoms with van der Waals surface area (Å²) in [7, 11) is 0. The summed E-state index contributed by atoms with van der Waals surface area (Å²) in [6.45, 7) is 13.3. The van der Waals surface area contributed by atoms with E-state index in [1.54, 1.807) is 0 Å². The highest BCUT2D eigenvalue weighted by molar-refractivity contribution is 5.73. The van der Waals surface area contributed by atoms with Gasteiger partial charge in [0.25, 0.3) is 0 Å². The van der Waals surface area contributed by atoms with Crippen LogP contribution in [-0.2, 0) is 57.1 Å². The van der Waals surface area contributed by atoms with Gasteiger partial charge < -0.3 is 38.3 Å². The minimum Gasteiger partial charge on any atom is -0.465 e. The lowest BCUT2D eigenvalue weighted by Crippen LogP contribution is -2.42. The van der Waals surface area contributed by atoms with Crippen LogP contribution < -0.4 is 0 Å². The average molecular weight is 1110 g/mol. The molecule has 0 fully saturated rings. The summed E-state index contributed by atoms with van der Waals surface area (Å²) >= 11 is 0. The summed E-state index contributed by atoms with van der Waals surface area (Å²) in [6, 6.07) is 0. The maximum atomic E-state index is 13.3. The Hall–Kier alpha value is -3.29. The van der Waals surface area contributed by atoms with Crippen molar-refractivity contribution >= 4 is 29.8 Å². The Labute approximate surface area is 476 Å². The van der Waals surface area contributed by atoms with E-state index >= 15 is 0 Å². The molecule has 0 heterocycles. The van der Waals surface area contributed by atoms with Gasteiger partial charge in [0.05, 0.1) is 43.5 Å². The van der Waals surface area contributed by atoms with E-state index < -0.39 is 36.2 Å². The highest BCUT2D eigenvalue weighted by Gasteiger charge is 2.36. The number of unbranched alkanes of at least 4 members (excludes halogenated alkanes) is 20. The zero-order chi connectivity index (χ0) is 57.4. The number of esters is 5. The number of rotatable bonds is 58. The van der Waals surface area contributed by atoms with E-state index in [9.17, 15) is 29.1 Å². The van der Waals surface area contributed by atoms with Crippen molar-refractivity contribution in [1.82, 2.24) is 0 Å². The molecule has 0 aliphatic heterocycles. The first-order valence-electron chi connectivity index (χ1n) is 32.0. The molecule has 78 heavy (non-hydrogen) atoms. The summed E-state index contributed by atoms with van der Waals surface area (Å²) in [6.07, 6.45) is 41.3. The summed E-state index contributed by atoms with van der Waals surface area (Å²) in [5.74, 6) is -1.60. The van der Waals surface area contributed by atoms with E-state index in [0.29, 0.717) is 39.3 Å². The molecule has 0 aromatic heterocycles. The Bertz CT molecular complexity index is 1390. The van der Waals surface area contributed by atoms with E-state index in [2.05, 4.69) is 65.8 Å². The topological polar surface area (TPSA) is 170 Å². The van der Waals surface area contributed by atoms with Crippen LogP contribution in [0.15, 0.2) is 24.3 Å². The van der Waals surface area contributed by atoms with Crippen molar-refractivity contribution in [2.24, 2.45) is 17.3 Å². The smallest absolute Gasteiger partial charge is 0.308 e. The van der Waals surface area contributed by atoms with E-state index in [0.717, 1.165) is 180 Å². The van der Waals surface area contributed by atoms with Gasteiger partial charge in [-0.1, -0.05) is 181 Å². The van der Waals surface area contributed by atoms with Crippen molar-refractivity contribution in [3.63, 3.8) is 0 Å². The van der Waals surface area contributed by atoms with Gasteiger partial charge in [-0.05, 0) is 103 Å². The predicted molar refractivity (Wildman–Crippen MR) is 315 cm³/mol. The maximum absolute atomic E-state index is 13.3. The first kappa shape index (κ1) is 74.7. The second-order valence-electron chi connectivity index (χ2n) is 21.8. The number of hydrogen-bond acceptors (Lipinski definition) is 13. The third-order valence-electron chi connectivity index (χ3n) is 14.3. The molecule has 2 unspecified atom stereocenters. The van der Waals surface area contributed by atoms with E-state index in [4.69, 9.17) is 33.2 Å². The molecule has 0 aliphatic rings. The van der Waals surface area contributed by atoms with Crippen LogP contribution in [0.2, 0.25) is 0 Å². The van der Waals surface area contributed by atoms with Gasteiger partial charge in [0.2, 0.25) is 0 Å². The fourth-order valence-electron chi connectivity index (χ4n) is 9.04. The number of hydrogen-bond donors (Lipinski definition) is 1. The van der Waals surface area contributed by atoms with Crippen LogP contribution in [0.1, 0.15) is 286 Å². The van der Waals surface area contributed by atoms with Crippen LogP contribution in [0.5, 0.6) is 0 Å². The molecule has 0 radical (unpaired) electrons. The monoisotopic (exact) mass is 1110 g/mol. The maximum Gasteiger partial charge on any atom is 0.308 e. The van der Waals surface area contributed by atoms with Gasteiger partial charge in [0.15, 0.2) is 6.29 Å². The lowest BCUT2D eigenvalue weighted by Gasteiger charge is -2.30. The Morgan fingerprint density at radius 3 is 1.13 bits per heavy atom. The predicted octanol–water partition coefficient (Wildman–Crippen LogP) is 16.3. The number of aliphatic hydroxyl groups is 1. The van der Waals surface area contributed by atoms with Crippen molar-refractivity contribution in [1.29, 1.82) is 0 Å². The molecule has 1 N–H and O–H groups in total. The number of aliphatic hydroxyl groups excluding tert-OH is 1. The van der Waals surface area contributed by atoms with E-state index in [-0.39, 0.29) is 69.3 Å². The van der Waals surface area contributed by atoms with E-state index in [1.807, 2.05) is 0 Å². The van der Waals surface area contributed by atoms with Crippen molar-refractivity contribution in [3.8, 4) is 0 Å². The minimum absolute atomic E-state index is 0.00625. The molecule has 0 spiro atoms. The lowest BCUT2D eigenvalue weighted by atomic mass is 9.92. The molecular weight excluding hydrogens is 989 g/mol. The van der Waals surface area contributed by atoms with Gasteiger partial charge in [-0.2, -0.15) is 0 Å². The van der Waals surface area contributed by atoms with Gasteiger partial charge in [-0.25, -0.2) is 0 Å². The standard InChI is InChI=1S/C65H118O13/c1-7-13-19-23-29-37-49-72-62(73-50-38-30-24-20-14-8-2)48-47-61(69)78-56-65(53-66,54-76-59(67)45-35-27-25-31-39-51-74-63(70)57(41-17-11-5)43-33-21-15-9-3)55-77-60(68)46-36-28-26-32-40-52-75-64(71)58(42-18-12-6)44-34-22-16-10-4/h13-14,19-20,57-58,62,66H,7-12,15-18,21-56H2,1-6H3/b19-13-,20-14-. The van der Waals surface area contributed by atoms with Crippen molar-refractivity contribution < 1.29 is 62.2 Å². The molecule has 456 valence electrons. The van der Waals surface area contributed by atoms with Crippen molar-refractivity contribution in [2.75, 3.05) is 52.9 Å². The molecule has 0 bridgehead atoms. The van der Waals surface area contributed by atoms with Crippen molar-refractivity contribution in [3.05, 3.63) is 24.3 Å². The molecule has 0 aromatic carbocycles. The van der Waals surface area contributed by atoms with Crippen LogP contribution in [0.4, 0.5) is 0 Å². The summed E-state index contributed by atoms with van der Waals surface area (Å²) in [5.41, 5.74) is -1.36. The molecule has 0 amide bonds. The minimum atomic E-state index is -1.36. The third-order valence-corrected chi connectivity index (χ3v) is 14.3. The fourth-order valence-corrected chi connectivity index (χ4v) is 9.04. The Morgan fingerprint density at radius 2 is 0.731 bits per heavy atom. The van der Waals surface area contributed by atoms with Crippen LogP contribution in [-0.4, -0.2) is 94.1 Å². The average Bonchev–Trinajstić information content (AvgIpc) is 3.44. The quantitative estimate of drug-likeness (QED) is 0.0201. The Balaban J connectivity index is 5.35. The van der Waals surface area contributed by atoms with Crippen molar-refractivity contribution in [2.45, 2.75) is 292 Å². The van der Waals surface area contributed by atoms with Crippen LogP contribution >= 0.6 is 0 Å². The molecule has 13 heteroatoms. The highest BCUT2D eigenvalue weighted by Crippen LogP contribution is 2.24. The SMILES string of the molecule is CC/C=C\CCCCOC(CCC(=O)OCC(CO)(COC(=O)CCCCCCCOC(=O)C(CCCC)CCCCCC)COC(=O)CCCCCCCOC(=O)C(CCCC)CCCCCC)OCCCC/C=C\CC. The fraction of sp³-hybridized carbons (Fsp3) is 0.862. The second-order valence-corrected chi connectivity index (χ2v) is 21.8. The molecule has 0 aromatic rings. The van der Waals surface area contributed by atoms with Gasteiger partial charge in [-0.15, -0.1) is 0 Å². The Morgan fingerprint density at radius 1 is 0.372 bits per heavy atom. The molecule has 2 atom stereocenters. The summed E-state index contributed by atoms with van der Waals surface area (Å²) in [5, 5.41) is 10.8. The highest BCUT2D eigenvalue weighted by atomic mass is 16.7. The van der Waals surface area contributed by atoms with Gasteiger partial charge in [0.1, 0.15) is 19.8 Å². The zero-order valence-electron chi connectivity index (χ0n) is 50.9. The largest absolute Gasteiger partial charge is 0.465 e. The molecular formula is C65H118O13. The number of carbonyl (C=O) groups is 5. The molecule has 0 aliphatic carbocycles. The molecule has 0 rings (SSSR count). The van der Waals surface area contributed by atoms with Crippen LogP contribution in [0.25, 0.3) is 0 Å². The number of allylic oxidation sites excluding steroid dienone is 4. The van der Waals surface area contributed by atoms with E-state index in [1.165, 1.54) is 25.7 Å². The first-order valence-corrected chi connectivity index (χ1v) is 32.0. The lowest BCUT2D eigenvalue weighted by molar-refractivity contribution is -0.169. The number of ether oxygens (including phenoxy) is 7. The zero-order valence-corrected chi connectivity index (χ0v) is 50.9. The van der Waals surface area contributed by atoms with Gasteiger partial charge >= 0.3 is 29.8 Å². The molecule has 13 nitrogen and oxygen atoms in total. The van der Waals surface area contributed by atoms with Gasteiger partial charge in [0, 0.05) is 32.5 Å². The van der Waals surface area contributed by atoms with Crippen LogP contribution in [0.3, 0.4) is 0 Å². The summed E-state index contributed by atoms with van der Waals surface area (Å²) in [4.78, 5) is 65.1. The normalized spacial score (nSPS) is 13.2. The molecule has 0 saturated carbocycles. The summed E-state index contributed by atoms with van der Waals surface area (Å²) < 4.78 is 40.7. The number of carbonyl (C=O) groups excluding carboxylic acids is 5. The second kappa shape index (κ2) is 55.6.